The number of hydrogen-bond donors (Lipinski definition) is 1. The molecule has 2 aromatic carbocycles. The fourth-order valence-corrected chi connectivity index (χ4v) is 3.99. The molecule has 0 amide bonds. The Kier molecular flexibility index (Phi) is 3.92. The maximum absolute atomic E-state index is 11.1. The largest absolute Gasteiger partial charge is 0.494 e. The Bertz CT molecular complexity index is 847. The fraction of sp³-hybridized carbons (Fsp3) is 0.300. The van der Waals surface area contributed by atoms with Gasteiger partial charge in [0.1, 0.15) is 5.75 Å². The zero-order chi connectivity index (χ0) is 17.4. The molecule has 5 nitrogen and oxygen atoms in total. The van der Waals surface area contributed by atoms with E-state index in [1.165, 1.54) is 5.56 Å². The van der Waals surface area contributed by atoms with Crippen LogP contribution in [0.15, 0.2) is 54.6 Å². The first kappa shape index (κ1) is 15.7. The lowest BCUT2D eigenvalue weighted by atomic mass is 9.77. The van der Waals surface area contributed by atoms with Crippen molar-refractivity contribution in [1.82, 2.24) is 0 Å². The maximum Gasteiger partial charge on any atom is 0.269 e. The van der Waals surface area contributed by atoms with Gasteiger partial charge in [0.2, 0.25) is 0 Å². The summed E-state index contributed by atoms with van der Waals surface area (Å²) in [4.78, 5) is 10.8. The molecule has 25 heavy (non-hydrogen) atoms. The van der Waals surface area contributed by atoms with Gasteiger partial charge in [-0.15, -0.1) is 0 Å². The van der Waals surface area contributed by atoms with Gasteiger partial charge in [-0.3, -0.25) is 10.1 Å². The third kappa shape index (κ3) is 2.76. The van der Waals surface area contributed by atoms with Crippen LogP contribution in [0.4, 0.5) is 11.4 Å². The second-order valence-electron chi connectivity index (χ2n) is 6.51. The molecule has 3 atom stereocenters. The molecule has 0 aromatic heterocycles. The van der Waals surface area contributed by atoms with E-state index in [1.807, 2.05) is 25.1 Å². The Morgan fingerprint density at radius 1 is 1.28 bits per heavy atom. The number of nitro groups is 1. The topological polar surface area (TPSA) is 64.4 Å². The number of anilines is 1. The first-order valence-electron chi connectivity index (χ1n) is 8.61. The molecule has 5 heteroatoms. The van der Waals surface area contributed by atoms with E-state index in [2.05, 4.69) is 23.5 Å². The van der Waals surface area contributed by atoms with Gasteiger partial charge in [-0.05, 0) is 48.6 Å². The summed E-state index contributed by atoms with van der Waals surface area (Å²) in [6.07, 6.45) is 5.43. The first-order chi connectivity index (χ1) is 12.2. The number of nitrogens with zero attached hydrogens (tertiary/aromatic N) is 1. The van der Waals surface area contributed by atoms with Crippen LogP contribution in [-0.4, -0.2) is 11.5 Å². The van der Waals surface area contributed by atoms with E-state index in [9.17, 15) is 10.1 Å². The van der Waals surface area contributed by atoms with Crippen LogP contribution in [0.1, 0.15) is 36.4 Å². The number of fused-ring (bicyclic) bond motifs is 3. The summed E-state index contributed by atoms with van der Waals surface area (Å²) in [5.41, 5.74) is 3.42. The molecule has 1 aliphatic heterocycles. The minimum absolute atomic E-state index is 0.0605. The Hall–Kier alpha value is -2.82. The molecule has 0 bridgehead atoms. The highest BCUT2D eigenvalue weighted by molar-refractivity contribution is 5.62. The zero-order valence-electron chi connectivity index (χ0n) is 14.0. The summed E-state index contributed by atoms with van der Waals surface area (Å²) < 4.78 is 5.65. The van der Waals surface area contributed by atoms with Crippen LogP contribution in [-0.2, 0) is 0 Å². The van der Waals surface area contributed by atoms with Gasteiger partial charge in [0, 0.05) is 23.7 Å². The average Bonchev–Trinajstić information content (AvgIpc) is 3.11. The Balaban J connectivity index is 1.73. The van der Waals surface area contributed by atoms with Crippen LogP contribution in [0.25, 0.3) is 0 Å². The van der Waals surface area contributed by atoms with Crippen molar-refractivity contribution >= 4 is 11.4 Å². The molecule has 2 aliphatic rings. The molecule has 3 unspecified atom stereocenters. The summed E-state index contributed by atoms with van der Waals surface area (Å²) in [7, 11) is 0. The van der Waals surface area contributed by atoms with Crippen molar-refractivity contribution in [3.63, 3.8) is 0 Å². The minimum atomic E-state index is -0.334. The molecule has 1 heterocycles. The summed E-state index contributed by atoms with van der Waals surface area (Å²) in [6, 6.07) is 13.2. The standard InChI is InChI=1S/C20H20N2O3/c1-2-25-15-9-10-19-18(12-15)16-7-4-8-17(16)20(21-19)13-5-3-6-14(11-13)22(23)24/h3-7,9-12,16-17,20-21H,2,8H2,1H3. The molecule has 0 saturated heterocycles. The minimum Gasteiger partial charge on any atom is -0.494 e. The highest BCUT2D eigenvalue weighted by Gasteiger charge is 2.38. The van der Waals surface area contributed by atoms with Gasteiger partial charge in [-0.25, -0.2) is 0 Å². The number of nitro benzene ring substituents is 1. The molecule has 128 valence electrons. The lowest BCUT2D eigenvalue weighted by Crippen LogP contribution is -2.29. The molecule has 0 radical (unpaired) electrons. The molecular formula is C20H20N2O3. The summed E-state index contributed by atoms with van der Waals surface area (Å²) in [5, 5.41) is 14.7. The van der Waals surface area contributed by atoms with Crippen LogP contribution in [0.2, 0.25) is 0 Å². The molecule has 1 N–H and O–H groups in total. The lowest BCUT2D eigenvalue weighted by molar-refractivity contribution is -0.384. The van der Waals surface area contributed by atoms with Crippen LogP contribution in [0, 0.1) is 16.0 Å². The number of benzene rings is 2. The van der Waals surface area contributed by atoms with E-state index in [0.29, 0.717) is 18.4 Å². The van der Waals surface area contributed by atoms with Gasteiger partial charge in [0.05, 0.1) is 17.6 Å². The van der Waals surface area contributed by atoms with Crippen LogP contribution < -0.4 is 10.1 Å². The van der Waals surface area contributed by atoms with E-state index < -0.39 is 0 Å². The van der Waals surface area contributed by atoms with Gasteiger partial charge >= 0.3 is 0 Å². The van der Waals surface area contributed by atoms with Crippen molar-refractivity contribution < 1.29 is 9.66 Å². The second kappa shape index (κ2) is 6.24. The SMILES string of the molecule is CCOc1ccc2c(c1)C1C=CCC1C(c1cccc([N+](=O)[O-])c1)N2. The number of nitrogens with one attached hydrogen (secondary N) is 1. The normalized spacial score (nSPS) is 23.5. The van der Waals surface area contributed by atoms with Crippen LogP contribution in [0.5, 0.6) is 5.75 Å². The van der Waals surface area contributed by atoms with Crippen molar-refractivity contribution in [1.29, 1.82) is 0 Å². The quantitative estimate of drug-likeness (QED) is 0.494. The number of non-ortho nitro benzene ring substituents is 1. The van der Waals surface area contributed by atoms with E-state index in [1.54, 1.807) is 18.2 Å². The third-order valence-electron chi connectivity index (χ3n) is 5.09. The van der Waals surface area contributed by atoms with Crippen LogP contribution in [0.3, 0.4) is 0 Å². The van der Waals surface area contributed by atoms with E-state index in [0.717, 1.165) is 23.4 Å². The lowest BCUT2D eigenvalue weighted by Gasteiger charge is -2.37. The highest BCUT2D eigenvalue weighted by Crippen LogP contribution is 2.50. The predicted octanol–water partition coefficient (Wildman–Crippen LogP) is 4.82. The molecule has 1 aliphatic carbocycles. The molecule has 0 saturated carbocycles. The Labute approximate surface area is 146 Å². The van der Waals surface area contributed by atoms with Crippen molar-refractivity contribution in [2.45, 2.75) is 25.3 Å². The van der Waals surface area contributed by atoms with Gasteiger partial charge in [-0.1, -0.05) is 24.3 Å². The van der Waals surface area contributed by atoms with Gasteiger partial charge in [-0.2, -0.15) is 0 Å². The number of hydrogen-bond acceptors (Lipinski definition) is 4. The van der Waals surface area contributed by atoms with E-state index in [4.69, 9.17) is 4.74 Å². The number of ether oxygens (including phenoxy) is 1. The second-order valence-corrected chi connectivity index (χ2v) is 6.51. The Morgan fingerprint density at radius 2 is 2.16 bits per heavy atom. The summed E-state index contributed by atoms with van der Waals surface area (Å²) >= 11 is 0. The number of rotatable bonds is 4. The zero-order valence-corrected chi connectivity index (χ0v) is 14.0. The molecular weight excluding hydrogens is 316 g/mol. The van der Waals surface area contributed by atoms with Crippen molar-refractivity contribution in [2.24, 2.45) is 5.92 Å². The van der Waals surface area contributed by atoms with Crippen LogP contribution >= 0.6 is 0 Å². The maximum atomic E-state index is 11.1. The molecule has 2 aromatic rings. The number of allylic oxidation sites excluding steroid dienone is 2. The summed E-state index contributed by atoms with van der Waals surface area (Å²) in [6.45, 7) is 2.63. The Morgan fingerprint density at radius 3 is 2.96 bits per heavy atom. The average molecular weight is 336 g/mol. The van der Waals surface area contributed by atoms with Crippen molar-refractivity contribution in [3.8, 4) is 5.75 Å². The van der Waals surface area contributed by atoms with Crippen molar-refractivity contribution in [3.05, 3.63) is 75.9 Å². The molecule has 0 spiro atoms. The molecule has 4 rings (SSSR count). The molecule has 0 fully saturated rings. The van der Waals surface area contributed by atoms with Gasteiger partial charge in [0.25, 0.3) is 5.69 Å². The van der Waals surface area contributed by atoms with Crippen molar-refractivity contribution in [2.75, 3.05) is 11.9 Å². The predicted molar refractivity (Wildman–Crippen MR) is 97.1 cm³/mol. The first-order valence-corrected chi connectivity index (χ1v) is 8.61. The van der Waals surface area contributed by atoms with E-state index in [-0.39, 0.29) is 16.7 Å². The summed E-state index contributed by atoms with van der Waals surface area (Å²) in [5.74, 6) is 1.54. The monoisotopic (exact) mass is 336 g/mol. The third-order valence-corrected chi connectivity index (χ3v) is 5.09. The highest BCUT2D eigenvalue weighted by atomic mass is 16.6. The fourth-order valence-electron chi connectivity index (χ4n) is 3.99. The van der Waals surface area contributed by atoms with E-state index >= 15 is 0 Å². The van der Waals surface area contributed by atoms with Gasteiger partial charge in [0.15, 0.2) is 0 Å². The van der Waals surface area contributed by atoms with Gasteiger partial charge < -0.3 is 10.1 Å². The smallest absolute Gasteiger partial charge is 0.269 e.